The first-order valence-corrected chi connectivity index (χ1v) is 6.91. The number of esters is 1. The van der Waals surface area contributed by atoms with Crippen LogP contribution in [0, 0.1) is 11.5 Å². The van der Waals surface area contributed by atoms with Crippen molar-refractivity contribution in [1.29, 1.82) is 5.26 Å². The molecular formula is C12H12ClN3O3S. The summed E-state index contributed by atoms with van der Waals surface area (Å²) >= 11 is 7.36. The number of carbonyl (C=O) groups is 1. The van der Waals surface area contributed by atoms with Crippen molar-refractivity contribution in [2.75, 3.05) is 20.5 Å². The molecule has 6 nitrogen and oxygen atoms in total. The number of nitrogens with one attached hydrogen (secondary N) is 1. The molecule has 0 atom stereocenters. The molecule has 8 heteroatoms. The molecule has 20 heavy (non-hydrogen) atoms. The number of halogens is 1. The summed E-state index contributed by atoms with van der Waals surface area (Å²) in [6, 6.07) is 2.93. The third-order valence-corrected chi connectivity index (χ3v) is 3.20. The van der Waals surface area contributed by atoms with Crippen molar-refractivity contribution >= 4 is 40.2 Å². The van der Waals surface area contributed by atoms with Crippen LogP contribution in [0.3, 0.4) is 0 Å². The predicted molar refractivity (Wildman–Crippen MR) is 78.7 cm³/mol. The van der Waals surface area contributed by atoms with E-state index >= 15 is 0 Å². The van der Waals surface area contributed by atoms with E-state index < -0.39 is 5.97 Å². The summed E-state index contributed by atoms with van der Waals surface area (Å²) in [6.45, 7) is 0. The molecule has 0 spiro atoms. The number of nitrogens with zero attached hydrogens (tertiary/aromatic N) is 2. The van der Waals surface area contributed by atoms with E-state index in [-0.39, 0.29) is 10.6 Å². The molecule has 0 aliphatic carbocycles. The number of aliphatic imine (C=N–C) groups is 1. The van der Waals surface area contributed by atoms with Gasteiger partial charge in [-0.05, 0) is 18.4 Å². The zero-order valence-electron chi connectivity index (χ0n) is 11.1. The summed E-state index contributed by atoms with van der Waals surface area (Å²) in [4.78, 5) is 15.8. The maximum atomic E-state index is 11.6. The average Bonchev–Trinajstić information content (AvgIpc) is 2.47. The molecule has 0 radical (unpaired) electrons. The van der Waals surface area contributed by atoms with Crippen LogP contribution in [-0.4, -0.2) is 31.6 Å². The predicted octanol–water partition coefficient (Wildman–Crippen LogP) is 2.56. The van der Waals surface area contributed by atoms with Gasteiger partial charge in [-0.3, -0.25) is 5.32 Å². The first-order chi connectivity index (χ1) is 9.57. The molecule has 0 bridgehead atoms. The van der Waals surface area contributed by atoms with Crippen LogP contribution >= 0.6 is 23.4 Å². The third-order valence-electron chi connectivity index (χ3n) is 2.24. The van der Waals surface area contributed by atoms with Gasteiger partial charge in [-0.25, -0.2) is 9.79 Å². The van der Waals surface area contributed by atoms with E-state index in [1.165, 1.54) is 38.1 Å². The lowest BCUT2D eigenvalue weighted by Gasteiger charge is -2.09. The number of benzene rings is 1. The van der Waals surface area contributed by atoms with Gasteiger partial charge in [0.25, 0.3) is 0 Å². The van der Waals surface area contributed by atoms with Gasteiger partial charge in [0.05, 0.1) is 25.5 Å². The minimum absolute atomic E-state index is 0.242. The largest absolute Gasteiger partial charge is 0.495 e. The van der Waals surface area contributed by atoms with Crippen LogP contribution in [-0.2, 0) is 4.74 Å². The number of methoxy groups -OCH3 is 2. The molecule has 1 N–H and O–H groups in total. The summed E-state index contributed by atoms with van der Waals surface area (Å²) in [5.41, 5.74) is 0.559. The molecule has 0 amide bonds. The first kappa shape index (κ1) is 16.1. The fourth-order valence-corrected chi connectivity index (χ4v) is 1.90. The van der Waals surface area contributed by atoms with Crippen molar-refractivity contribution in [2.24, 2.45) is 4.99 Å². The van der Waals surface area contributed by atoms with Gasteiger partial charge in [0.1, 0.15) is 10.8 Å². The van der Waals surface area contributed by atoms with Gasteiger partial charge >= 0.3 is 5.97 Å². The Morgan fingerprint density at radius 2 is 2.20 bits per heavy atom. The van der Waals surface area contributed by atoms with Crippen LogP contribution in [0.1, 0.15) is 10.4 Å². The second-order valence-electron chi connectivity index (χ2n) is 3.36. The molecule has 0 heterocycles. The number of amidine groups is 1. The topological polar surface area (TPSA) is 83.7 Å². The van der Waals surface area contributed by atoms with Crippen LogP contribution in [0.25, 0.3) is 0 Å². The van der Waals surface area contributed by atoms with E-state index in [1.807, 2.05) is 0 Å². The lowest BCUT2D eigenvalue weighted by Crippen LogP contribution is -2.12. The van der Waals surface area contributed by atoms with Gasteiger partial charge in [-0.15, -0.1) is 0 Å². The second kappa shape index (κ2) is 7.62. The number of thioether (sulfide) groups is 1. The summed E-state index contributed by atoms with van der Waals surface area (Å²) in [5, 5.41) is 11.6. The fraction of sp³-hybridized carbons (Fsp3) is 0.250. The maximum absolute atomic E-state index is 11.6. The number of ether oxygens (including phenoxy) is 2. The van der Waals surface area contributed by atoms with Gasteiger partial charge < -0.3 is 9.47 Å². The lowest BCUT2D eigenvalue weighted by molar-refractivity contribution is 0.0600. The highest BCUT2D eigenvalue weighted by atomic mass is 35.5. The average molecular weight is 314 g/mol. The minimum atomic E-state index is -0.532. The van der Waals surface area contributed by atoms with Gasteiger partial charge in [-0.1, -0.05) is 23.4 Å². The molecule has 0 aliphatic rings. The molecular weight excluding hydrogens is 302 g/mol. The van der Waals surface area contributed by atoms with Gasteiger partial charge in [-0.2, -0.15) is 5.26 Å². The third kappa shape index (κ3) is 3.79. The Bertz CT molecular complexity index is 584. The van der Waals surface area contributed by atoms with Crippen molar-refractivity contribution < 1.29 is 14.3 Å². The van der Waals surface area contributed by atoms with Gasteiger partial charge in [0.2, 0.25) is 0 Å². The number of hydrogen-bond donors (Lipinski definition) is 1. The maximum Gasteiger partial charge on any atom is 0.338 e. The molecule has 1 aromatic carbocycles. The Balaban J connectivity index is 3.37. The van der Waals surface area contributed by atoms with Crippen molar-refractivity contribution in [1.82, 2.24) is 5.32 Å². The fourth-order valence-electron chi connectivity index (χ4n) is 1.33. The van der Waals surface area contributed by atoms with Crippen LogP contribution in [0.2, 0.25) is 5.02 Å². The zero-order chi connectivity index (χ0) is 15.1. The summed E-state index contributed by atoms with van der Waals surface area (Å²) in [7, 11) is 2.70. The first-order valence-electron chi connectivity index (χ1n) is 5.31. The van der Waals surface area contributed by atoms with E-state index in [2.05, 4.69) is 15.0 Å². The SMILES string of the molecule is COC(=O)c1cc(N=C(NC#N)SC)c(Cl)c(OC)c1. The Labute approximate surface area is 125 Å². The molecule has 106 valence electrons. The highest BCUT2D eigenvalue weighted by Crippen LogP contribution is 2.36. The molecule has 0 aromatic heterocycles. The normalized spacial score (nSPS) is 10.7. The Morgan fingerprint density at radius 3 is 2.70 bits per heavy atom. The minimum Gasteiger partial charge on any atom is -0.495 e. The van der Waals surface area contributed by atoms with Gasteiger partial charge in [0.15, 0.2) is 11.4 Å². The molecule has 0 fully saturated rings. The van der Waals surface area contributed by atoms with Crippen LogP contribution < -0.4 is 10.1 Å². The van der Waals surface area contributed by atoms with Crippen LogP contribution in [0.4, 0.5) is 5.69 Å². The number of nitriles is 1. The summed E-state index contributed by atoms with van der Waals surface area (Å²) in [6.07, 6.45) is 3.52. The van der Waals surface area contributed by atoms with E-state index in [1.54, 1.807) is 12.4 Å². The van der Waals surface area contributed by atoms with Crippen LogP contribution in [0.5, 0.6) is 5.75 Å². The molecule has 0 aliphatic heterocycles. The number of rotatable bonds is 3. The van der Waals surface area contributed by atoms with E-state index in [4.69, 9.17) is 21.6 Å². The van der Waals surface area contributed by atoms with Gasteiger partial charge in [0, 0.05) is 0 Å². The smallest absolute Gasteiger partial charge is 0.338 e. The summed E-state index contributed by atoms with van der Waals surface area (Å²) in [5.74, 6) is -0.235. The Kier molecular flexibility index (Phi) is 6.15. The quantitative estimate of drug-likeness (QED) is 0.303. The van der Waals surface area contributed by atoms with Crippen molar-refractivity contribution in [3.05, 3.63) is 22.7 Å². The molecule has 0 saturated heterocycles. The summed E-state index contributed by atoms with van der Waals surface area (Å²) < 4.78 is 9.75. The zero-order valence-corrected chi connectivity index (χ0v) is 12.6. The van der Waals surface area contributed by atoms with E-state index in [0.29, 0.717) is 16.6 Å². The lowest BCUT2D eigenvalue weighted by atomic mass is 10.2. The second-order valence-corrected chi connectivity index (χ2v) is 4.53. The van der Waals surface area contributed by atoms with Crippen LogP contribution in [0.15, 0.2) is 17.1 Å². The molecule has 0 unspecified atom stereocenters. The standard InChI is InChI=1S/C12H12ClN3O3S/c1-18-9-5-7(11(17)19-2)4-8(10(9)13)16-12(20-3)15-6-14/h4-5H,1-3H3,(H,15,16). The molecule has 0 saturated carbocycles. The van der Waals surface area contributed by atoms with Crippen molar-refractivity contribution in [2.45, 2.75) is 0 Å². The monoisotopic (exact) mass is 313 g/mol. The Morgan fingerprint density at radius 1 is 1.50 bits per heavy atom. The molecule has 1 rings (SSSR count). The Hall–Kier alpha value is -1.91. The van der Waals surface area contributed by atoms with E-state index in [9.17, 15) is 4.79 Å². The highest BCUT2D eigenvalue weighted by Gasteiger charge is 2.15. The highest BCUT2D eigenvalue weighted by molar-refractivity contribution is 8.13. The van der Waals surface area contributed by atoms with E-state index in [0.717, 1.165) is 0 Å². The van der Waals surface area contributed by atoms with Crippen molar-refractivity contribution in [3.8, 4) is 11.9 Å². The molecule has 1 aromatic rings. The number of hydrogen-bond acceptors (Lipinski definition) is 6. The van der Waals surface area contributed by atoms with Crippen molar-refractivity contribution in [3.63, 3.8) is 0 Å². The number of carbonyl (C=O) groups excluding carboxylic acids is 1.